The fourth-order valence-electron chi connectivity index (χ4n) is 0.683. The average Bonchev–Trinajstić information content (AvgIpc) is 1.85. The van der Waals surface area contributed by atoms with Crippen LogP contribution < -0.4 is 5.32 Å². The zero-order valence-electron chi connectivity index (χ0n) is 7.76. The van der Waals surface area contributed by atoms with Crippen LogP contribution in [0.15, 0.2) is 0 Å². The number of aliphatic hydroxyl groups is 2. The van der Waals surface area contributed by atoms with Crippen molar-refractivity contribution in [3.63, 3.8) is 0 Å². The third-order valence-electron chi connectivity index (χ3n) is 1.87. The Morgan fingerprint density at radius 3 is 2.09 bits per heavy atom. The second kappa shape index (κ2) is 4.04. The van der Waals surface area contributed by atoms with Gasteiger partial charge in [0.05, 0.1) is 12.2 Å². The van der Waals surface area contributed by atoms with E-state index in [1.54, 1.807) is 13.8 Å². The molecular weight excluding hydrogens is 142 g/mol. The van der Waals surface area contributed by atoms with Crippen molar-refractivity contribution in [3.05, 3.63) is 0 Å². The molecule has 0 fully saturated rings. The monoisotopic (exact) mass is 161 g/mol. The molecule has 0 radical (unpaired) electrons. The fourth-order valence-corrected chi connectivity index (χ4v) is 0.683. The fraction of sp³-hybridized carbons (Fsp3) is 1.00. The molecule has 0 aromatic heterocycles. The van der Waals surface area contributed by atoms with Gasteiger partial charge in [-0.25, -0.2) is 0 Å². The number of aliphatic hydroxyl groups excluding tert-OH is 1. The van der Waals surface area contributed by atoms with Crippen LogP contribution in [-0.4, -0.2) is 34.5 Å². The van der Waals surface area contributed by atoms with E-state index in [2.05, 4.69) is 5.32 Å². The predicted molar refractivity (Wildman–Crippen MR) is 45.4 cm³/mol. The molecule has 2 atom stereocenters. The number of hydrogen-bond acceptors (Lipinski definition) is 3. The molecule has 0 rings (SSSR count). The normalized spacial score (nSPS) is 18.0. The lowest BCUT2D eigenvalue weighted by Gasteiger charge is -2.29. The molecule has 0 aromatic carbocycles. The first-order chi connectivity index (χ1) is 4.88. The third-order valence-corrected chi connectivity index (χ3v) is 1.87. The second-order valence-electron chi connectivity index (χ2n) is 3.63. The molecule has 0 spiro atoms. The Balaban J connectivity index is 3.77. The number of rotatable bonds is 4. The number of hydrogen-bond donors (Lipinski definition) is 3. The van der Waals surface area contributed by atoms with E-state index in [0.717, 1.165) is 0 Å². The molecule has 2 unspecified atom stereocenters. The summed E-state index contributed by atoms with van der Waals surface area (Å²) in [5.41, 5.74) is -0.733. The molecule has 0 aromatic rings. The van der Waals surface area contributed by atoms with Gasteiger partial charge in [0.15, 0.2) is 0 Å². The van der Waals surface area contributed by atoms with Gasteiger partial charge in [-0.2, -0.15) is 0 Å². The van der Waals surface area contributed by atoms with E-state index in [9.17, 15) is 5.11 Å². The summed E-state index contributed by atoms with van der Waals surface area (Å²) in [4.78, 5) is 0. The second-order valence-corrected chi connectivity index (χ2v) is 3.63. The van der Waals surface area contributed by atoms with Gasteiger partial charge in [-0.3, -0.25) is 0 Å². The van der Waals surface area contributed by atoms with Crippen LogP contribution in [0.25, 0.3) is 0 Å². The zero-order valence-corrected chi connectivity index (χ0v) is 7.76. The Hall–Kier alpha value is -0.120. The summed E-state index contributed by atoms with van der Waals surface area (Å²) in [5.74, 6) is 0. The van der Waals surface area contributed by atoms with E-state index in [-0.39, 0.29) is 18.7 Å². The highest BCUT2D eigenvalue weighted by Gasteiger charge is 2.22. The van der Waals surface area contributed by atoms with Crippen molar-refractivity contribution in [1.29, 1.82) is 0 Å². The highest BCUT2D eigenvalue weighted by atomic mass is 16.3. The molecule has 0 heterocycles. The van der Waals surface area contributed by atoms with Gasteiger partial charge in [-0.05, 0) is 27.7 Å². The minimum Gasteiger partial charge on any atom is -0.395 e. The lowest BCUT2D eigenvalue weighted by Crippen LogP contribution is -2.49. The van der Waals surface area contributed by atoms with Gasteiger partial charge in [0.2, 0.25) is 0 Å². The van der Waals surface area contributed by atoms with Crippen LogP contribution in [0, 0.1) is 0 Å². The Morgan fingerprint density at radius 1 is 1.36 bits per heavy atom. The highest BCUT2D eigenvalue weighted by molar-refractivity contribution is 4.81. The van der Waals surface area contributed by atoms with E-state index < -0.39 is 5.60 Å². The van der Waals surface area contributed by atoms with Crippen LogP contribution in [0.3, 0.4) is 0 Å². The molecule has 3 nitrogen and oxygen atoms in total. The SMILES string of the molecule is CC(CO)NC(C)C(C)(C)O. The molecule has 3 heteroatoms. The summed E-state index contributed by atoms with van der Waals surface area (Å²) in [6.07, 6.45) is 0. The van der Waals surface area contributed by atoms with Gasteiger partial charge in [-0.15, -0.1) is 0 Å². The Labute approximate surface area is 68.4 Å². The van der Waals surface area contributed by atoms with Crippen molar-refractivity contribution in [2.24, 2.45) is 0 Å². The van der Waals surface area contributed by atoms with Gasteiger partial charge < -0.3 is 15.5 Å². The first-order valence-corrected chi connectivity index (χ1v) is 3.97. The van der Waals surface area contributed by atoms with Gasteiger partial charge in [-0.1, -0.05) is 0 Å². The lowest BCUT2D eigenvalue weighted by atomic mass is 10.0. The standard InChI is InChI=1S/C8H19NO2/c1-6(5-10)9-7(2)8(3,4)11/h6-7,9-11H,5H2,1-4H3. The topological polar surface area (TPSA) is 52.5 Å². The third kappa shape index (κ3) is 4.35. The van der Waals surface area contributed by atoms with Crippen LogP contribution in [0.1, 0.15) is 27.7 Å². The zero-order chi connectivity index (χ0) is 9.07. The molecule has 0 saturated carbocycles. The quantitative estimate of drug-likeness (QED) is 0.549. The molecule has 11 heavy (non-hydrogen) atoms. The summed E-state index contributed by atoms with van der Waals surface area (Å²) in [7, 11) is 0. The summed E-state index contributed by atoms with van der Waals surface area (Å²) in [6, 6.07) is 0.0288. The van der Waals surface area contributed by atoms with Gasteiger partial charge in [0.25, 0.3) is 0 Å². The van der Waals surface area contributed by atoms with E-state index in [1.807, 2.05) is 13.8 Å². The van der Waals surface area contributed by atoms with E-state index >= 15 is 0 Å². The maximum absolute atomic E-state index is 9.49. The van der Waals surface area contributed by atoms with Gasteiger partial charge in [0, 0.05) is 12.1 Å². The molecule has 0 aliphatic rings. The Bertz CT molecular complexity index is 109. The first kappa shape index (κ1) is 10.9. The lowest BCUT2D eigenvalue weighted by molar-refractivity contribution is 0.0374. The molecule has 0 amide bonds. The Kier molecular flexibility index (Phi) is 4.00. The van der Waals surface area contributed by atoms with E-state index in [4.69, 9.17) is 5.11 Å². The van der Waals surface area contributed by atoms with E-state index in [1.165, 1.54) is 0 Å². The smallest absolute Gasteiger partial charge is 0.0741 e. The highest BCUT2D eigenvalue weighted by Crippen LogP contribution is 2.07. The van der Waals surface area contributed by atoms with Crippen molar-refractivity contribution < 1.29 is 10.2 Å². The van der Waals surface area contributed by atoms with Crippen molar-refractivity contribution in [3.8, 4) is 0 Å². The Morgan fingerprint density at radius 2 is 1.82 bits per heavy atom. The maximum Gasteiger partial charge on any atom is 0.0741 e. The molecular formula is C8H19NO2. The van der Waals surface area contributed by atoms with Crippen molar-refractivity contribution >= 4 is 0 Å². The van der Waals surface area contributed by atoms with Crippen LogP contribution >= 0.6 is 0 Å². The molecule has 68 valence electrons. The molecule has 0 saturated heterocycles. The van der Waals surface area contributed by atoms with Crippen LogP contribution in [0.4, 0.5) is 0 Å². The predicted octanol–water partition coefficient (Wildman–Crippen LogP) is 0.116. The van der Waals surface area contributed by atoms with Crippen molar-refractivity contribution in [1.82, 2.24) is 5.32 Å². The maximum atomic E-state index is 9.49. The van der Waals surface area contributed by atoms with Crippen LogP contribution in [0.5, 0.6) is 0 Å². The molecule has 0 aliphatic carbocycles. The summed E-state index contributed by atoms with van der Waals surface area (Å²) < 4.78 is 0. The summed E-state index contributed by atoms with van der Waals surface area (Å²) in [6.45, 7) is 7.36. The minimum atomic E-state index is -0.733. The van der Waals surface area contributed by atoms with Gasteiger partial charge in [0.1, 0.15) is 0 Å². The van der Waals surface area contributed by atoms with E-state index in [0.29, 0.717) is 0 Å². The average molecular weight is 161 g/mol. The summed E-state index contributed by atoms with van der Waals surface area (Å²) in [5, 5.41) is 21.3. The van der Waals surface area contributed by atoms with Crippen molar-refractivity contribution in [2.45, 2.75) is 45.4 Å². The van der Waals surface area contributed by atoms with Gasteiger partial charge >= 0.3 is 0 Å². The first-order valence-electron chi connectivity index (χ1n) is 3.97. The molecule has 3 N–H and O–H groups in total. The van der Waals surface area contributed by atoms with Crippen molar-refractivity contribution in [2.75, 3.05) is 6.61 Å². The molecule has 0 aliphatic heterocycles. The number of nitrogens with one attached hydrogen (secondary N) is 1. The largest absolute Gasteiger partial charge is 0.395 e. The van der Waals surface area contributed by atoms with Crippen LogP contribution in [-0.2, 0) is 0 Å². The summed E-state index contributed by atoms with van der Waals surface area (Å²) >= 11 is 0. The minimum absolute atomic E-state index is 0.00958. The van der Waals surface area contributed by atoms with Crippen LogP contribution in [0.2, 0.25) is 0 Å². The molecule has 0 bridgehead atoms.